The fourth-order valence-corrected chi connectivity index (χ4v) is 3.00. The molecule has 120 valence electrons. The van der Waals surface area contributed by atoms with E-state index in [1.165, 1.54) is 23.6 Å². The summed E-state index contributed by atoms with van der Waals surface area (Å²) in [6.07, 6.45) is 2.46. The van der Waals surface area contributed by atoms with Gasteiger partial charge in [-0.2, -0.15) is 0 Å². The summed E-state index contributed by atoms with van der Waals surface area (Å²) in [6, 6.07) is 14.7. The quantitative estimate of drug-likeness (QED) is 0.918. The van der Waals surface area contributed by atoms with Crippen LogP contribution in [-0.2, 0) is 0 Å². The van der Waals surface area contributed by atoms with Crippen LogP contribution in [0.25, 0.3) is 10.8 Å². The summed E-state index contributed by atoms with van der Waals surface area (Å²) in [5, 5.41) is 2.49. The van der Waals surface area contributed by atoms with Gasteiger partial charge >= 0.3 is 0 Å². The molecule has 4 heteroatoms. The summed E-state index contributed by atoms with van der Waals surface area (Å²) in [4.78, 5) is 2.48. The number of benzene rings is 2. The minimum Gasteiger partial charge on any atom is -0.492 e. The molecule has 1 aliphatic rings. The monoisotopic (exact) mass is 320 g/mol. The molecule has 2 aromatic rings. The van der Waals surface area contributed by atoms with E-state index in [0.29, 0.717) is 0 Å². The highest BCUT2D eigenvalue weighted by atomic mass is 35.5. The molecule has 2 N–H and O–H groups in total. The maximum atomic E-state index is 5.90. The number of hydrogen-bond acceptors (Lipinski definition) is 3. The van der Waals surface area contributed by atoms with Gasteiger partial charge in [0.25, 0.3) is 0 Å². The van der Waals surface area contributed by atoms with Gasteiger partial charge in [0.1, 0.15) is 12.4 Å². The van der Waals surface area contributed by atoms with Gasteiger partial charge in [0, 0.05) is 6.54 Å². The van der Waals surface area contributed by atoms with Crippen molar-refractivity contribution in [3.05, 3.63) is 42.5 Å². The van der Waals surface area contributed by atoms with Gasteiger partial charge in [-0.15, -0.1) is 12.4 Å². The molecule has 2 aromatic carbocycles. The first kappa shape index (κ1) is 17.1. The minimum absolute atomic E-state index is 0. The van der Waals surface area contributed by atoms with E-state index in [1.54, 1.807) is 0 Å². The predicted octanol–water partition coefficient (Wildman–Crippen LogP) is 3.31. The zero-order chi connectivity index (χ0) is 14.5. The van der Waals surface area contributed by atoms with Crippen LogP contribution in [0.5, 0.6) is 5.75 Å². The largest absolute Gasteiger partial charge is 0.492 e. The van der Waals surface area contributed by atoms with Gasteiger partial charge in [-0.1, -0.05) is 30.3 Å². The van der Waals surface area contributed by atoms with Crippen molar-refractivity contribution >= 4 is 23.2 Å². The predicted molar refractivity (Wildman–Crippen MR) is 94.9 cm³/mol. The van der Waals surface area contributed by atoms with E-state index in [-0.39, 0.29) is 12.4 Å². The minimum atomic E-state index is 0. The van der Waals surface area contributed by atoms with Crippen LogP contribution in [0, 0.1) is 5.92 Å². The van der Waals surface area contributed by atoms with Crippen LogP contribution in [0.4, 0.5) is 0 Å². The second-order valence-electron chi connectivity index (χ2n) is 5.88. The zero-order valence-electron chi connectivity index (χ0n) is 12.9. The molecule has 0 amide bonds. The lowest BCUT2D eigenvalue weighted by molar-refractivity contribution is 0.157. The third-order valence-electron chi connectivity index (χ3n) is 4.44. The summed E-state index contributed by atoms with van der Waals surface area (Å²) in [6.45, 7) is 4.91. The van der Waals surface area contributed by atoms with Crippen molar-refractivity contribution in [2.45, 2.75) is 12.8 Å². The Kier molecular flexibility index (Phi) is 6.49. The van der Waals surface area contributed by atoms with Crippen molar-refractivity contribution in [2.75, 3.05) is 32.8 Å². The maximum absolute atomic E-state index is 5.90. The first-order valence-corrected chi connectivity index (χ1v) is 7.89. The Morgan fingerprint density at radius 1 is 1.05 bits per heavy atom. The number of nitrogens with zero attached hydrogens (tertiary/aromatic N) is 1. The second kappa shape index (κ2) is 8.37. The van der Waals surface area contributed by atoms with Crippen LogP contribution in [0.1, 0.15) is 12.8 Å². The zero-order valence-corrected chi connectivity index (χ0v) is 13.7. The van der Waals surface area contributed by atoms with Crippen molar-refractivity contribution in [1.29, 1.82) is 0 Å². The van der Waals surface area contributed by atoms with Gasteiger partial charge in [-0.25, -0.2) is 0 Å². The lowest BCUT2D eigenvalue weighted by Gasteiger charge is -2.31. The molecule has 0 radical (unpaired) electrons. The number of hydrogen-bond donors (Lipinski definition) is 1. The third-order valence-corrected chi connectivity index (χ3v) is 4.44. The van der Waals surface area contributed by atoms with Gasteiger partial charge in [-0.3, -0.25) is 4.90 Å². The number of likely N-dealkylation sites (tertiary alicyclic amines) is 1. The molecule has 1 heterocycles. The Balaban J connectivity index is 0.00000176. The van der Waals surface area contributed by atoms with Crippen molar-refractivity contribution in [1.82, 2.24) is 4.90 Å². The van der Waals surface area contributed by atoms with E-state index in [9.17, 15) is 0 Å². The van der Waals surface area contributed by atoms with Gasteiger partial charge in [0.05, 0.1) is 0 Å². The number of piperidine rings is 1. The van der Waals surface area contributed by atoms with E-state index in [2.05, 4.69) is 47.4 Å². The molecule has 1 fully saturated rings. The highest BCUT2D eigenvalue weighted by Crippen LogP contribution is 2.21. The Morgan fingerprint density at radius 2 is 1.77 bits per heavy atom. The standard InChI is InChI=1S/C18H24N2O.ClH/c19-14-15-7-9-20(10-8-15)11-12-21-18-6-5-16-3-1-2-4-17(16)13-18;/h1-6,13,15H,7-12,14,19H2;1H. The van der Waals surface area contributed by atoms with Gasteiger partial charge < -0.3 is 10.5 Å². The first-order chi connectivity index (χ1) is 10.3. The van der Waals surface area contributed by atoms with Gasteiger partial charge in [0.15, 0.2) is 0 Å². The van der Waals surface area contributed by atoms with Crippen molar-refractivity contribution in [2.24, 2.45) is 11.7 Å². The van der Waals surface area contributed by atoms with Crippen LogP contribution in [0.2, 0.25) is 0 Å². The number of rotatable bonds is 5. The molecule has 0 aliphatic carbocycles. The lowest BCUT2D eigenvalue weighted by Crippen LogP contribution is -2.38. The molecule has 3 rings (SSSR count). The average molecular weight is 321 g/mol. The van der Waals surface area contributed by atoms with E-state index in [0.717, 1.165) is 44.5 Å². The Labute approximate surface area is 138 Å². The molecule has 0 saturated carbocycles. The van der Waals surface area contributed by atoms with E-state index in [4.69, 9.17) is 10.5 Å². The van der Waals surface area contributed by atoms with Crippen LogP contribution in [-0.4, -0.2) is 37.7 Å². The van der Waals surface area contributed by atoms with Crippen LogP contribution >= 0.6 is 12.4 Å². The van der Waals surface area contributed by atoms with E-state index >= 15 is 0 Å². The Hall–Kier alpha value is -1.29. The van der Waals surface area contributed by atoms with Crippen LogP contribution < -0.4 is 10.5 Å². The van der Waals surface area contributed by atoms with E-state index < -0.39 is 0 Å². The molecular formula is C18H25ClN2O. The smallest absolute Gasteiger partial charge is 0.120 e. The van der Waals surface area contributed by atoms with Crippen LogP contribution in [0.15, 0.2) is 42.5 Å². The molecule has 0 unspecified atom stereocenters. The maximum Gasteiger partial charge on any atom is 0.120 e. The van der Waals surface area contributed by atoms with E-state index in [1.807, 2.05) is 0 Å². The Bertz CT molecular complexity index is 582. The number of halogens is 1. The molecule has 0 bridgehead atoms. The average Bonchev–Trinajstić information content (AvgIpc) is 2.55. The number of nitrogens with two attached hydrogens (primary N) is 1. The third kappa shape index (κ3) is 4.35. The van der Waals surface area contributed by atoms with Gasteiger partial charge in [0.2, 0.25) is 0 Å². The van der Waals surface area contributed by atoms with Crippen LogP contribution in [0.3, 0.4) is 0 Å². The highest BCUT2D eigenvalue weighted by Gasteiger charge is 2.17. The fourth-order valence-electron chi connectivity index (χ4n) is 3.00. The molecule has 3 nitrogen and oxygen atoms in total. The normalized spacial score (nSPS) is 16.4. The molecule has 1 saturated heterocycles. The fraction of sp³-hybridized carbons (Fsp3) is 0.444. The molecule has 0 atom stereocenters. The molecule has 22 heavy (non-hydrogen) atoms. The van der Waals surface area contributed by atoms with Crippen molar-refractivity contribution in [3.8, 4) is 5.75 Å². The first-order valence-electron chi connectivity index (χ1n) is 7.89. The molecule has 1 aliphatic heterocycles. The molecular weight excluding hydrogens is 296 g/mol. The Morgan fingerprint density at radius 3 is 2.50 bits per heavy atom. The SMILES string of the molecule is Cl.NCC1CCN(CCOc2ccc3ccccc3c2)CC1. The summed E-state index contributed by atoms with van der Waals surface area (Å²) >= 11 is 0. The highest BCUT2D eigenvalue weighted by molar-refractivity contribution is 5.85. The number of ether oxygens (including phenoxy) is 1. The summed E-state index contributed by atoms with van der Waals surface area (Å²) < 4.78 is 5.90. The second-order valence-corrected chi connectivity index (χ2v) is 5.88. The summed E-state index contributed by atoms with van der Waals surface area (Å²) in [5.41, 5.74) is 5.73. The topological polar surface area (TPSA) is 38.5 Å². The summed E-state index contributed by atoms with van der Waals surface area (Å²) in [7, 11) is 0. The van der Waals surface area contributed by atoms with Crippen molar-refractivity contribution < 1.29 is 4.74 Å². The molecule has 0 aromatic heterocycles. The number of fused-ring (bicyclic) bond motifs is 1. The molecule has 0 spiro atoms. The van der Waals surface area contributed by atoms with Gasteiger partial charge in [-0.05, 0) is 61.3 Å². The summed E-state index contributed by atoms with van der Waals surface area (Å²) in [5.74, 6) is 1.69. The van der Waals surface area contributed by atoms with Crippen molar-refractivity contribution in [3.63, 3.8) is 0 Å². The lowest BCUT2D eigenvalue weighted by atomic mass is 9.97.